The second-order valence-electron chi connectivity index (χ2n) is 7.76. The zero-order valence-electron chi connectivity index (χ0n) is 16.1. The van der Waals surface area contributed by atoms with E-state index in [4.69, 9.17) is 0 Å². The molecule has 3 rings (SSSR count). The molecule has 1 unspecified atom stereocenters. The number of carbonyl (C=O) groups is 1. The summed E-state index contributed by atoms with van der Waals surface area (Å²) in [5.74, 6) is 0.920. The molecule has 1 atom stereocenters. The number of rotatable bonds is 5. The summed E-state index contributed by atoms with van der Waals surface area (Å²) < 4.78 is 1.75. The Balaban J connectivity index is 1.50. The highest BCUT2D eigenvalue weighted by Crippen LogP contribution is 2.18. The first kappa shape index (κ1) is 18.4. The molecule has 2 aliphatic rings. The lowest BCUT2D eigenvalue weighted by Crippen LogP contribution is -2.51. The molecule has 6 nitrogen and oxygen atoms in total. The number of aryl methyl sites for hydroxylation is 2. The van der Waals surface area contributed by atoms with Crippen molar-refractivity contribution < 1.29 is 4.79 Å². The SMILES string of the molecule is CCCc1cc(C(=O)N2CCN(CC3CCCN(C)C3)CC2)n(C)n1. The highest BCUT2D eigenvalue weighted by molar-refractivity contribution is 5.92. The number of nitrogens with zero attached hydrogens (tertiary/aromatic N) is 5. The van der Waals surface area contributed by atoms with E-state index in [1.807, 2.05) is 18.0 Å². The first-order valence-electron chi connectivity index (χ1n) is 9.80. The van der Waals surface area contributed by atoms with Crippen molar-refractivity contribution in [2.75, 3.05) is 52.9 Å². The highest BCUT2D eigenvalue weighted by Gasteiger charge is 2.26. The van der Waals surface area contributed by atoms with Gasteiger partial charge < -0.3 is 9.80 Å². The second kappa shape index (κ2) is 8.32. The van der Waals surface area contributed by atoms with Crippen LogP contribution in [-0.4, -0.2) is 83.2 Å². The Bertz CT molecular complexity index is 576. The summed E-state index contributed by atoms with van der Waals surface area (Å²) in [4.78, 5) is 19.8. The van der Waals surface area contributed by atoms with Gasteiger partial charge in [0.25, 0.3) is 5.91 Å². The van der Waals surface area contributed by atoms with Crippen LogP contribution in [0.5, 0.6) is 0 Å². The lowest BCUT2D eigenvalue weighted by Gasteiger charge is -2.38. The first-order chi connectivity index (χ1) is 12.1. The van der Waals surface area contributed by atoms with Gasteiger partial charge in [-0.3, -0.25) is 14.4 Å². The van der Waals surface area contributed by atoms with Crippen LogP contribution >= 0.6 is 0 Å². The van der Waals surface area contributed by atoms with Gasteiger partial charge in [-0.05, 0) is 44.8 Å². The molecule has 1 amide bonds. The molecule has 0 saturated carbocycles. The number of piperazine rings is 1. The highest BCUT2D eigenvalue weighted by atomic mass is 16.2. The van der Waals surface area contributed by atoms with Crippen LogP contribution in [0.1, 0.15) is 42.4 Å². The smallest absolute Gasteiger partial charge is 0.272 e. The van der Waals surface area contributed by atoms with Gasteiger partial charge in [-0.15, -0.1) is 0 Å². The van der Waals surface area contributed by atoms with Gasteiger partial charge in [0, 0.05) is 46.3 Å². The van der Waals surface area contributed by atoms with Crippen molar-refractivity contribution in [3.63, 3.8) is 0 Å². The maximum Gasteiger partial charge on any atom is 0.272 e. The number of aromatic nitrogens is 2. The Labute approximate surface area is 151 Å². The number of hydrogen-bond acceptors (Lipinski definition) is 4. The van der Waals surface area contributed by atoms with Crippen LogP contribution in [0.4, 0.5) is 0 Å². The third-order valence-electron chi connectivity index (χ3n) is 5.55. The zero-order valence-corrected chi connectivity index (χ0v) is 16.1. The third kappa shape index (κ3) is 4.61. The molecule has 0 aliphatic carbocycles. The van der Waals surface area contributed by atoms with Gasteiger partial charge in [0.15, 0.2) is 0 Å². The average Bonchev–Trinajstić information content (AvgIpc) is 2.96. The fourth-order valence-corrected chi connectivity index (χ4v) is 4.19. The van der Waals surface area contributed by atoms with E-state index in [9.17, 15) is 4.79 Å². The molecule has 1 aromatic rings. The Hall–Kier alpha value is -1.40. The van der Waals surface area contributed by atoms with Gasteiger partial charge in [0.1, 0.15) is 5.69 Å². The van der Waals surface area contributed by atoms with E-state index in [1.54, 1.807) is 4.68 Å². The minimum Gasteiger partial charge on any atom is -0.335 e. The van der Waals surface area contributed by atoms with Crippen molar-refractivity contribution in [3.05, 3.63) is 17.5 Å². The molecular formula is C19H33N5O. The van der Waals surface area contributed by atoms with Crippen molar-refractivity contribution in [2.45, 2.75) is 32.6 Å². The largest absolute Gasteiger partial charge is 0.335 e. The summed E-state index contributed by atoms with van der Waals surface area (Å²) >= 11 is 0. The molecular weight excluding hydrogens is 314 g/mol. The normalized spacial score (nSPS) is 23.2. The third-order valence-corrected chi connectivity index (χ3v) is 5.55. The van der Waals surface area contributed by atoms with Crippen LogP contribution in [0.15, 0.2) is 6.07 Å². The fourth-order valence-electron chi connectivity index (χ4n) is 4.19. The van der Waals surface area contributed by atoms with Crippen molar-refractivity contribution in [1.29, 1.82) is 0 Å². The predicted octanol–water partition coefficient (Wildman–Crippen LogP) is 1.47. The topological polar surface area (TPSA) is 44.6 Å². The molecule has 2 fully saturated rings. The number of carbonyl (C=O) groups excluding carboxylic acids is 1. The van der Waals surface area contributed by atoms with E-state index in [1.165, 1.54) is 32.5 Å². The van der Waals surface area contributed by atoms with Gasteiger partial charge in [-0.1, -0.05) is 13.3 Å². The number of piperidine rings is 1. The molecule has 2 aliphatic heterocycles. The summed E-state index contributed by atoms with van der Waals surface area (Å²) in [6, 6.07) is 1.97. The van der Waals surface area contributed by atoms with Crippen LogP contribution in [0.2, 0.25) is 0 Å². The molecule has 6 heteroatoms. The Kier molecular flexibility index (Phi) is 6.12. The molecule has 25 heavy (non-hydrogen) atoms. The summed E-state index contributed by atoms with van der Waals surface area (Å²) in [7, 11) is 4.10. The van der Waals surface area contributed by atoms with Gasteiger partial charge in [-0.2, -0.15) is 5.10 Å². The van der Waals surface area contributed by atoms with Crippen molar-refractivity contribution in [2.24, 2.45) is 13.0 Å². The first-order valence-corrected chi connectivity index (χ1v) is 9.80. The van der Waals surface area contributed by atoms with Crippen LogP contribution in [0, 0.1) is 5.92 Å². The number of amides is 1. The van der Waals surface area contributed by atoms with Crippen molar-refractivity contribution in [1.82, 2.24) is 24.5 Å². The van der Waals surface area contributed by atoms with Crippen LogP contribution < -0.4 is 0 Å². The van der Waals surface area contributed by atoms with Crippen molar-refractivity contribution in [3.8, 4) is 0 Å². The molecule has 0 aromatic carbocycles. The van der Waals surface area contributed by atoms with E-state index < -0.39 is 0 Å². The van der Waals surface area contributed by atoms with Crippen molar-refractivity contribution >= 4 is 5.91 Å². The van der Waals surface area contributed by atoms with Crippen LogP contribution in [0.3, 0.4) is 0 Å². The van der Waals surface area contributed by atoms with E-state index in [0.717, 1.165) is 56.3 Å². The van der Waals surface area contributed by atoms with E-state index in [0.29, 0.717) is 0 Å². The van der Waals surface area contributed by atoms with Crippen LogP contribution in [0.25, 0.3) is 0 Å². The molecule has 0 spiro atoms. The van der Waals surface area contributed by atoms with Gasteiger partial charge in [0.2, 0.25) is 0 Å². The molecule has 0 bridgehead atoms. The summed E-state index contributed by atoms with van der Waals surface area (Å²) in [6.07, 6.45) is 4.66. The summed E-state index contributed by atoms with van der Waals surface area (Å²) in [5, 5.41) is 4.47. The molecule has 2 saturated heterocycles. The zero-order chi connectivity index (χ0) is 17.8. The number of hydrogen-bond donors (Lipinski definition) is 0. The standard InChI is InChI=1S/C19H33N5O/c1-4-6-17-13-18(22(3)20-17)19(25)24-11-9-23(10-12-24)15-16-7-5-8-21(2)14-16/h13,16H,4-12,14-15H2,1-3H3. The lowest BCUT2D eigenvalue weighted by molar-refractivity contribution is 0.0578. The molecule has 1 aromatic heterocycles. The second-order valence-corrected chi connectivity index (χ2v) is 7.76. The minimum atomic E-state index is 0.134. The summed E-state index contributed by atoms with van der Waals surface area (Å²) in [6.45, 7) is 9.42. The monoisotopic (exact) mass is 347 g/mol. The maximum atomic E-state index is 12.8. The predicted molar refractivity (Wildman–Crippen MR) is 99.8 cm³/mol. The van der Waals surface area contributed by atoms with Crippen LogP contribution in [-0.2, 0) is 13.5 Å². The van der Waals surface area contributed by atoms with Gasteiger partial charge in [-0.25, -0.2) is 0 Å². The number of likely N-dealkylation sites (tertiary alicyclic amines) is 1. The Morgan fingerprint density at radius 1 is 1.20 bits per heavy atom. The molecule has 0 N–H and O–H groups in total. The Morgan fingerprint density at radius 2 is 1.96 bits per heavy atom. The summed E-state index contributed by atoms with van der Waals surface area (Å²) in [5.41, 5.74) is 1.75. The molecule has 3 heterocycles. The molecule has 0 radical (unpaired) electrons. The van der Waals surface area contributed by atoms with E-state index in [-0.39, 0.29) is 5.91 Å². The maximum absolute atomic E-state index is 12.8. The average molecular weight is 348 g/mol. The van der Waals surface area contributed by atoms with E-state index in [2.05, 4.69) is 28.9 Å². The quantitative estimate of drug-likeness (QED) is 0.809. The lowest BCUT2D eigenvalue weighted by atomic mass is 9.97. The molecule has 140 valence electrons. The minimum absolute atomic E-state index is 0.134. The van der Waals surface area contributed by atoms with E-state index >= 15 is 0 Å². The Morgan fingerprint density at radius 3 is 2.64 bits per heavy atom. The van der Waals surface area contributed by atoms with Gasteiger partial charge in [0.05, 0.1) is 5.69 Å². The fraction of sp³-hybridized carbons (Fsp3) is 0.789. The van der Waals surface area contributed by atoms with Gasteiger partial charge >= 0.3 is 0 Å².